The molecule has 0 bridgehead atoms. The van der Waals surface area contributed by atoms with Crippen LogP contribution in [0.3, 0.4) is 0 Å². The van der Waals surface area contributed by atoms with Gasteiger partial charge in [-0.05, 0) is 32.1 Å². The first-order chi connectivity index (χ1) is 8.77. The summed E-state index contributed by atoms with van der Waals surface area (Å²) in [6.07, 6.45) is 5.06. The predicted molar refractivity (Wildman–Crippen MR) is 68.7 cm³/mol. The summed E-state index contributed by atoms with van der Waals surface area (Å²) >= 11 is 0. The minimum Gasteiger partial charge on any atom is -0.446 e. The lowest BCUT2D eigenvalue weighted by Crippen LogP contribution is -2.37. The van der Waals surface area contributed by atoms with E-state index in [-0.39, 0.29) is 12.2 Å². The van der Waals surface area contributed by atoms with Gasteiger partial charge in [-0.25, -0.2) is 4.79 Å². The SMILES string of the molecule is COCCCN(CCOC)C(=O)OC1CCCC1. The van der Waals surface area contributed by atoms with Crippen LogP contribution in [0.4, 0.5) is 4.79 Å². The lowest BCUT2D eigenvalue weighted by atomic mass is 10.3. The second-order valence-electron chi connectivity index (χ2n) is 4.62. The third-order valence-corrected chi connectivity index (χ3v) is 3.17. The number of ether oxygens (including phenoxy) is 3. The van der Waals surface area contributed by atoms with Crippen LogP contribution in [-0.2, 0) is 14.2 Å². The van der Waals surface area contributed by atoms with Gasteiger partial charge in [0.05, 0.1) is 6.61 Å². The topological polar surface area (TPSA) is 48.0 Å². The Hall–Kier alpha value is -0.810. The van der Waals surface area contributed by atoms with Gasteiger partial charge in [0.25, 0.3) is 0 Å². The zero-order valence-corrected chi connectivity index (χ0v) is 11.5. The van der Waals surface area contributed by atoms with Crippen molar-refractivity contribution in [3.8, 4) is 0 Å². The first-order valence-electron chi connectivity index (χ1n) is 6.71. The maximum Gasteiger partial charge on any atom is 0.410 e. The Bertz CT molecular complexity index is 229. The van der Waals surface area contributed by atoms with E-state index in [2.05, 4.69) is 0 Å². The van der Waals surface area contributed by atoms with E-state index >= 15 is 0 Å². The molecule has 0 saturated heterocycles. The standard InChI is InChI=1S/C13H25NO4/c1-16-10-5-8-14(9-11-17-2)13(15)18-12-6-3-4-7-12/h12H,3-11H2,1-2H3. The van der Waals surface area contributed by atoms with E-state index in [9.17, 15) is 4.79 Å². The molecule has 0 heterocycles. The Morgan fingerprint density at radius 3 is 2.39 bits per heavy atom. The van der Waals surface area contributed by atoms with Crippen LogP contribution in [0.5, 0.6) is 0 Å². The van der Waals surface area contributed by atoms with Crippen LogP contribution >= 0.6 is 0 Å². The molecule has 0 aromatic rings. The van der Waals surface area contributed by atoms with E-state index in [4.69, 9.17) is 14.2 Å². The molecule has 0 aliphatic heterocycles. The molecular weight excluding hydrogens is 234 g/mol. The normalized spacial score (nSPS) is 15.9. The molecule has 5 nitrogen and oxygen atoms in total. The molecule has 18 heavy (non-hydrogen) atoms. The van der Waals surface area contributed by atoms with Crippen LogP contribution in [0.2, 0.25) is 0 Å². The Morgan fingerprint density at radius 1 is 1.11 bits per heavy atom. The van der Waals surface area contributed by atoms with Crippen molar-refractivity contribution >= 4 is 6.09 Å². The van der Waals surface area contributed by atoms with Crippen LogP contribution in [0.15, 0.2) is 0 Å². The van der Waals surface area contributed by atoms with Gasteiger partial charge >= 0.3 is 6.09 Å². The van der Waals surface area contributed by atoms with Crippen LogP contribution in [0, 0.1) is 0 Å². The summed E-state index contributed by atoms with van der Waals surface area (Å²) in [7, 11) is 3.30. The fourth-order valence-corrected chi connectivity index (χ4v) is 2.12. The van der Waals surface area contributed by atoms with Gasteiger partial charge in [0, 0.05) is 33.9 Å². The van der Waals surface area contributed by atoms with E-state index in [1.54, 1.807) is 19.1 Å². The summed E-state index contributed by atoms with van der Waals surface area (Å²) in [5.41, 5.74) is 0. The van der Waals surface area contributed by atoms with Crippen molar-refractivity contribution in [1.29, 1.82) is 0 Å². The van der Waals surface area contributed by atoms with Crippen molar-refractivity contribution in [3.63, 3.8) is 0 Å². The van der Waals surface area contributed by atoms with E-state index in [0.717, 1.165) is 19.3 Å². The van der Waals surface area contributed by atoms with Crippen molar-refractivity contribution < 1.29 is 19.0 Å². The summed E-state index contributed by atoms with van der Waals surface area (Å²) < 4.78 is 15.5. The molecule has 0 spiro atoms. The molecule has 5 heteroatoms. The fourth-order valence-electron chi connectivity index (χ4n) is 2.12. The molecule has 0 atom stereocenters. The third kappa shape index (κ3) is 5.69. The fraction of sp³-hybridized carbons (Fsp3) is 0.923. The number of hydrogen-bond donors (Lipinski definition) is 0. The van der Waals surface area contributed by atoms with Crippen LogP contribution in [0.25, 0.3) is 0 Å². The van der Waals surface area contributed by atoms with Crippen molar-refractivity contribution in [2.45, 2.75) is 38.2 Å². The Morgan fingerprint density at radius 2 is 1.78 bits per heavy atom. The Labute approximate surface area is 109 Å². The lowest BCUT2D eigenvalue weighted by Gasteiger charge is -2.23. The molecule has 1 aliphatic rings. The molecule has 0 aromatic carbocycles. The molecule has 1 fully saturated rings. The van der Waals surface area contributed by atoms with Crippen LogP contribution in [0.1, 0.15) is 32.1 Å². The maximum absolute atomic E-state index is 12.0. The van der Waals surface area contributed by atoms with Crippen molar-refractivity contribution in [1.82, 2.24) is 4.90 Å². The van der Waals surface area contributed by atoms with Crippen molar-refractivity contribution in [3.05, 3.63) is 0 Å². The molecule has 1 rings (SSSR count). The lowest BCUT2D eigenvalue weighted by molar-refractivity contribution is 0.0539. The molecule has 1 aliphatic carbocycles. The highest BCUT2D eigenvalue weighted by Crippen LogP contribution is 2.21. The van der Waals surface area contributed by atoms with E-state index in [1.165, 1.54) is 12.8 Å². The molecule has 1 amide bonds. The molecule has 106 valence electrons. The third-order valence-electron chi connectivity index (χ3n) is 3.17. The molecule has 1 saturated carbocycles. The quantitative estimate of drug-likeness (QED) is 0.626. The number of nitrogens with zero attached hydrogens (tertiary/aromatic N) is 1. The molecule has 0 radical (unpaired) electrons. The van der Waals surface area contributed by atoms with E-state index in [1.807, 2.05) is 0 Å². The second kappa shape index (κ2) is 9.16. The highest BCUT2D eigenvalue weighted by atomic mass is 16.6. The predicted octanol–water partition coefficient (Wildman–Crippen LogP) is 2.05. The summed E-state index contributed by atoms with van der Waals surface area (Å²) in [6, 6.07) is 0. The number of carbonyl (C=O) groups is 1. The van der Waals surface area contributed by atoms with Gasteiger partial charge in [0.15, 0.2) is 0 Å². The summed E-state index contributed by atoms with van der Waals surface area (Å²) in [4.78, 5) is 13.7. The monoisotopic (exact) mass is 259 g/mol. The van der Waals surface area contributed by atoms with Gasteiger partial charge in [-0.15, -0.1) is 0 Å². The molecule has 0 aromatic heterocycles. The number of hydrogen-bond acceptors (Lipinski definition) is 4. The summed E-state index contributed by atoms with van der Waals surface area (Å²) in [6.45, 7) is 2.42. The van der Waals surface area contributed by atoms with Gasteiger partial charge in [0.1, 0.15) is 6.10 Å². The minimum atomic E-state index is -0.213. The first kappa shape index (κ1) is 15.2. The Balaban J connectivity index is 2.32. The molecule has 0 unspecified atom stereocenters. The largest absolute Gasteiger partial charge is 0.446 e. The number of carbonyl (C=O) groups excluding carboxylic acids is 1. The van der Waals surface area contributed by atoms with E-state index < -0.39 is 0 Å². The van der Waals surface area contributed by atoms with Gasteiger partial charge in [-0.2, -0.15) is 0 Å². The number of rotatable bonds is 8. The zero-order chi connectivity index (χ0) is 13.2. The number of methoxy groups -OCH3 is 2. The van der Waals surface area contributed by atoms with Crippen molar-refractivity contribution in [2.75, 3.05) is 40.5 Å². The highest BCUT2D eigenvalue weighted by Gasteiger charge is 2.22. The maximum atomic E-state index is 12.0. The minimum absolute atomic E-state index is 0.116. The van der Waals surface area contributed by atoms with Gasteiger partial charge in [-0.3, -0.25) is 0 Å². The average molecular weight is 259 g/mol. The molecular formula is C13H25NO4. The molecule has 0 N–H and O–H groups in total. The summed E-state index contributed by atoms with van der Waals surface area (Å²) in [5, 5.41) is 0. The van der Waals surface area contributed by atoms with Gasteiger partial charge in [-0.1, -0.05) is 0 Å². The highest BCUT2D eigenvalue weighted by molar-refractivity contribution is 5.67. The average Bonchev–Trinajstić information content (AvgIpc) is 2.86. The van der Waals surface area contributed by atoms with Crippen LogP contribution < -0.4 is 0 Å². The van der Waals surface area contributed by atoms with Crippen LogP contribution in [-0.4, -0.2) is 57.6 Å². The van der Waals surface area contributed by atoms with Gasteiger partial charge in [0.2, 0.25) is 0 Å². The van der Waals surface area contributed by atoms with Crippen molar-refractivity contribution in [2.24, 2.45) is 0 Å². The Kier molecular flexibility index (Phi) is 7.76. The zero-order valence-electron chi connectivity index (χ0n) is 11.5. The van der Waals surface area contributed by atoms with Gasteiger partial charge < -0.3 is 19.1 Å². The first-order valence-corrected chi connectivity index (χ1v) is 6.71. The summed E-state index contributed by atoms with van der Waals surface area (Å²) in [5.74, 6) is 0. The van der Waals surface area contributed by atoms with E-state index in [0.29, 0.717) is 26.3 Å². The second-order valence-corrected chi connectivity index (χ2v) is 4.62. The number of amides is 1. The smallest absolute Gasteiger partial charge is 0.410 e.